The number of nitrogens with one attached hydrogen (secondary N) is 11. The van der Waals surface area contributed by atoms with Crippen LogP contribution in [0.5, 0.6) is 0 Å². The van der Waals surface area contributed by atoms with Gasteiger partial charge in [-0.05, 0) is 133 Å². The normalized spacial score (nSPS) is 9.74. The lowest BCUT2D eigenvalue weighted by molar-refractivity contribution is 0.369. The summed E-state index contributed by atoms with van der Waals surface area (Å²) in [5, 5.41) is 57.7. The molecule has 8 aromatic heterocycles. The molecular weight excluding hydrogens is 995 g/mol. The monoisotopic (exact) mass is 1040 g/mol. The number of hydrogen-bond acceptors (Lipinski definition) is 19. The quantitative estimate of drug-likeness (QED) is 0.0960. The zero-order valence-corrected chi connectivity index (χ0v) is 42.2. The highest BCUT2D eigenvalue weighted by atomic mass is 32.1. The van der Waals surface area contributed by atoms with Gasteiger partial charge in [-0.3, -0.25) is 45.4 Å². The van der Waals surface area contributed by atoms with Crippen molar-refractivity contribution in [2.45, 2.75) is 33.4 Å². The van der Waals surface area contributed by atoms with E-state index in [2.05, 4.69) is 175 Å². The van der Waals surface area contributed by atoms with Gasteiger partial charge in [-0.2, -0.15) is 30.8 Å². The predicted octanol–water partition coefficient (Wildman–Crippen LogP) is 5.41. The van der Waals surface area contributed by atoms with Crippen molar-refractivity contribution in [3.8, 4) is 5.69 Å². The Morgan fingerprint density at radius 3 is 1.63 bits per heavy atom. The average molecular weight is 1040 g/mol. The summed E-state index contributed by atoms with van der Waals surface area (Å²) in [7, 11) is 7.61. The Morgan fingerprint density at radius 2 is 1.34 bits per heavy atom. The number of tetrazole rings is 2. The fourth-order valence-corrected chi connectivity index (χ4v) is 4.90. The van der Waals surface area contributed by atoms with Gasteiger partial charge in [0.25, 0.3) is 0 Å². The van der Waals surface area contributed by atoms with Crippen molar-refractivity contribution < 1.29 is 0 Å². The van der Waals surface area contributed by atoms with Crippen molar-refractivity contribution in [1.29, 1.82) is 0 Å². The Kier molecular flexibility index (Phi) is 26.2. The van der Waals surface area contributed by atoms with E-state index in [1.165, 1.54) is 12.5 Å². The van der Waals surface area contributed by atoms with Crippen LogP contribution in [0.15, 0.2) is 61.8 Å². The maximum absolute atomic E-state index is 5.01. The maximum atomic E-state index is 5.01. The predicted molar refractivity (Wildman–Crippen MR) is 261 cm³/mol. The van der Waals surface area contributed by atoms with Crippen LogP contribution in [0.2, 0.25) is 0 Å². The molecular formula is C30H47N27S8. The third kappa shape index (κ3) is 23.4. The highest BCUT2D eigenvalue weighted by Gasteiger charge is 1.97. The maximum Gasteiger partial charge on any atom is 0.238 e. The first-order valence-electron chi connectivity index (χ1n) is 18.2. The second kappa shape index (κ2) is 30.9. The molecule has 27 nitrogen and oxygen atoms in total. The number of H-pyrrole nitrogens is 11. The Bertz CT molecular complexity index is 2930. The number of hydrogen-bond donors (Lipinski definition) is 11. The standard InChI is InChI=1S/C8H7N3S.C5H11N5S.C5H9N3S.2C3H5N3S.C2H4N4S.2C2H3N3S/c12-8-10-9-6-11(8)7-4-2-1-3-5-7;1-9(2)3-4-10-5(11)6-7-8-10;1-4(2)8-3-6-7-5(8)9;1-6-2-4-5-3(6)7;1-2-4-3(7)6-5-2;1-6-2(7)3-4-5-6;6-2-3-1-4-5-2;6-2-1-3-5-4-2/h1-6H,(H,10,12);3-4H2,1-2H3,(H,6,8,11);3-4H,1-2H3,(H,7,9);2H,1H3,(H,5,7);1H3,(H2,4,5,6,7);1H3,(H,3,5,7);2*1H,(H2,3,4,5,6). The van der Waals surface area contributed by atoms with Gasteiger partial charge in [-0.15, -0.1) is 0 Å². The second-order valence-electron chi connectivity index (χ2n) is 12.4. The van der Waals surface area contributed by atoms with Crippen LogP contribution >= 0.6 is 97.7 Å². The first-order chi connectivity index (χ1) is 31.0. The van der Waals surface area contributed by atoms with E-state index in [1.54, 1.807) is 40.0 Å². The SMILES string of the molecule is CC(C)n1cn[nH]c1=S.CN(C)CCn1[nH]nnc1=S.Cc1nc(=S)[nH][nH]1.Cn1[nH]nnc1=S.Cn1cn[nH]c1=S.S=c1[nH]ncn1-c1ccccc1.S=c1cn[nH][nH]1.S=c1nc[nH][nH]1. The summed E-state index contributed by atoms with van der Waals surface area (Å²) in [6.45, 7) is 7.69. The third-order valence-electron chi connectivity index (χ3n) is 6.82. The van der Waals surface area contributed by atoms with E-state index < -0.39 is 0 Å². The van der Waals surface area contributed by atoms with E-state index in [-0.39, 0.29) is 0 Å². The first-order valence-corrected chi connectivity index (χ1v) is 21.4. The van der Waals surface area contributed by atoms with Crippen LogP contribution in [0.25, 0.3) is 5.69 Å². The molecule has 0 spiro atoms. The Morgan fingerprint density at radius 1 is 0.692 bits per heavy atom. The molecule has 11 N–H and O–H groups in total. The molecule has 0 aliphatic carbocycles. The van der Waals surface area contributed by atoms with E-state index in [1.807, 2.05) is 67.5 Å². The third-order valence-corrected chi connectivity index (χ3v) is 9.06. The summed E-state index contributed by atoms with van der Waals surface area (Å²) in [6.07, 6.45) is 8.03. The van der Waals surface area contributed by atoms with E-state index >= 15 is 0 Å². The Hall–Kier alpha value is -6.08. The molecule has 9 rings (SSSR count). The van der Waals surface area contributed by atoms with Gasteiger partial charge in [0.1, 0.15) is 35.8 Å². The number of para-hydroxylation sites is 1. The van der Waals surface area contributed by atoms with Gasteiger partial charge < -0.3 is 14.0 Å². The number of rotatable bonds is 5. The lowest BCUT2D eigenvalue weighted by Crippen LogP contribution is -2.19. The van der Waals surface area contributed by atoms with Crippen molar-refractivity contribution in [3.05, 3.63) is 106 Å². The molecule has 1 aromatic carbocycles. The Labute approximate surface area is 409 Å². The summed E-state index contributed by atoms with van der Waals surface area (Å²) < 4.78 is 13.3. The van der Waals surface area contributed by atoms with Crippen LogP contribution in [0, 0.1) is 45.0 Å². The van der Waals surface area contributed by atoms with Gasteiger partial charge in [-0.1, -0.05) is 51.0 Å². The minimum Gasteiger partial charge on any atom is -0.310 e. The van der Waals surface area contributed by atoms with Crippen molar-refractivity contribution in [2.24, 2.45) is 14.1 Å². The fraction of sp³-hybridized carbons (Fsp3) is 0.333. The van der Waals surface area contributed by atoms with Crippen LogP contribution in [0.4, 0.5) is 0 Å². The molecule has 0 atom stereocenters. The molecule has 0 amide bonds. The summed E-state index contributed by atoms with van der Waals surface area (Å²) >= 11 is 38.0. The molecule has 0 bridgehead atoms. The smallest absolute Gasteiger partial charge is 0.238 e. The Balaban J connectivity index is 0.000000259. The zero-order chi connectivity index (χ0) is 48.1. The molecule has 0 unspecified atom stereocenters. The van der Waals surface area contributed by atoms with E-state index in [0.29, 0.717) is 44.1 Å². The average Bonchev–Trinajstić information content (AvgIpc) is 4.13. The number of nitrogens with zero attached hydrogens (tertiary/aromatic N) is 16. The van der Waals surface area contributed by atoms with Crippen LogP contribution in [0.1, 0.15) is 25.7 Å². The van der Waals surface area contributed by atoms with Crippen molar-refractivity contribution in [3.63, 3.8) is 0 Å². The van der Waals surface area contributed by atoms with E-state index in [0.717, 1.165) is 24.6 Å². The van der Waals surface area contributed by atoms with Crippen LogP contribution in [0.3, 0.4) is 0 Å². The highest BCUT2D eigenvalue weighted by Crippen LogP contribution is 2.05. The van der Waals surface area contributed by atoms with Gasteiger partial charge in [0.15, 0.2) is 14.3 Å². The van der Waals surface area contributed by atoms with Crippen molar-refractivity contribution >= 4 is 97.7 Å². The molecule has 0 radical (unpaired) electrons. The lowest BCUT2D eigenvalue weighted by Gasteiger charge is -2.07. The number of aryl methyl sites for hydroxylation is 3. The topological polar surface area (TPSA) is 330 Å². The number of aromatic nitrogens is 26. The van der Waals surface area contributed by atoms with Gasteiger partial charge >= 0.3 is 0 Å². The molecule has 0 aliphatic rings. The van der Waals surface area contributed by atoms with Crippen LogP contribution < -0.4 is 0 Å². The number of benzene rings is 1. The van der Waals surface area contributed by atoms with Gasteiger partial charge in [-0.25, -0.2) is 24.5 Å². The molecule has 65 heavy (non-hydrogen) atoms. The first kappa shape index (κ1) is 55.1. The molecule has 9 aromatic rings. The van der Waals surface area contributed by atoms with Crippen LogP contribution in [-0.4, -0.2) is 156 Å². The second-order valence-corrected chi connectivity index (χ2v) is 15.5. The van der Waals surface area contributed by atoms with Gasteiger partial charge in [0.2, 0.25) is 19.1 Å². The van der Waals surface area contributed by atoms with E-state index in [9.17, 15) is 0 Å². The highest BCUT2D eigenvalue weighted by molar-refractivity contribution is 7.72. The molecule has 0 fully saturated rings. The van der Waals surface area contributed by atoms with E-state index in [4.69, 9.17) is 48.9 Å². The fourth-order valence-electron chi connectivity index (χ4n) is 3.63. The summed E-state index contributed by atoms with van der Waals surface area (Å²) in [5.41, 5.74) is 1.02. The summed E-state index contributed by atoms with van der Waals surface area (Å²) in [6, 6.07) is 10.2. The number of likely N-dealkylation sites (N-methyl/N-ethyl adjacent to an activating group) is 1. The van der Waals surface area contributed by atoms with Gasteiger partial charge in [0, 0.05) is 32.4 Å². The lowest BCUT2D eigenvalue weighted by atomic mass is 10.3. The summed E-state index contributed by atoms with van der Waals surface area (Å²) in [5.74, 6) is 0.824. The minimum atomic E-state index is 0.399. The number of aromatic amines is 11. The molecule has 0 saturated heterocycles. The molecule has 0 saturated carbocycles. The summed E-state index contributed by atoms with van der Waals surface area (Å²) in [4.78, 5) is 9.51. The molecule has 35 heteroatoms. The molecule has 0 aliphatic heterocycles. The van der Waals surface area contributed by atoms with Crippen molar-refractivity contribution in [1.82, 2.24) is 135 Å². The zero-order valence-electron chi connectivity index (χ0n) is 35.7. The molecule has 8 heterocycles. The minimum absolute atomic E-state index is 0.399. The van der Waals surface area contributed by atoms with Crippen molar-refractivity contribution in [2.75, 3.05) is 20.6 Å². The molecule has 350 valence electrons. The van der Waals surface area contributed by atoms with Gasteiger partial charge in [0.05, 0.1) is 12.7 Å². The van der Waals surface area contributed by atoms with Crippen LogP contribution in [-0.2, 0) is 20.6 Å². The largest absolute Gasteiger partial charge is 0.310 e.